The van der Waals surface area contributed by atoms with Crippen LogP contribution in [0.25, 0.3) is 0 Å². The van der Waals surface area contributed by atoms with Gasteiger partial charge in [-0.05, 0) is 33.6 Å². The minimum absolute atomic E-state index is 0.313. The molecule has 0 aromatic heterocycles. The summed E-state index contributed by atoms with van der Waals surface area (Å²) in [5.41, 5.74) is -0.313. The van der Waals surface area contributed by atoms with E-state index in [0.717, 1.165) is 12.8 Å². The second-order valence-corrected chi connectivity index (χ2v) is 6.90. The van der Waals surface area contributed by atoms with E-state index in [1.165, 1.54) is 0 Å². The van der Waals surface area contributed by atoms with Crippen LogP contribution >= 0.6 is 0 Å². The maximum atomic E-state index is 9.76. The summed E-state index contributed by atoms with van der Waals surface area (Å²) in [5.74, 6) is 0. The van der Waals surface area contributed by atoms with Crippen LogP contribution in [0.1, 0.15) is 53.9 Å². The number of aliphatic hydroxyl groups excluding tert-OH is 1. The predicted molar refractivity (Wildman–Crippen MR) is 76.7 cm³/mol. The monoisotopic (exact) mass is 294 g/mol. The Hall–Kier alpha value is 0.0169. The Morgan fingerprint density at radius 3 is 1.68 bits per heavy atom. The molecule has 0 spiro atoms. The summed E-state index contributed by atoms with van der Waals surface area (Å²) < 4.78 is 23.2. The van der Waals surface area contributed by atoms with E-state index in [1.807, 2.05) is 27.7 Å². The van der Waals surface area contributed by atoms with E-state index >= 15 is 0 Å². The van der Waals surface area contributed by atoms with Crippen LogP contribution in [0, 0.1) is 0 Å². The minimum atomic E-state index is -2.91. The van der Waals surface area contributed by atoms with Crippen LogP contribution in [0.3, 0.4) is 0 Å². The van der Waals surface area contributed by atoms with Gasteiger partial charge in [-0.15, -0.1) is 0 Å². The molecule has 6 heteroatoms. The van der Waals surface area contributed by atoms with E-state index in [1.54, 1.807) is 0 Å². The lowest BCUT2D eigenvalue weighted by molar-refractivity contribution is -0.139. The molecule has 116 valence electrons. The summed E-state index contributed by atoms with van der Waals surface area (Å²) in [6.45, 7) is 11.2. The van der Waals surface area contributed by atoms with Crippen LogP contribution in [0.4, 0.5) is 0 Å². The Kier molecular flexibility index (Phi) is 10.8. The van der Waals surface area contributed by atoms with Crippen LogP contribution in [0.15, 0.2) is 0 Å². The Labute approximate surface area is 118 Å². The number of rotatable bonds is 12. The van der Waals surface area contributed by atoms with Gasteiger partial charge in [0, 0.05) is 19.8 Å². The van der Waals surface area contributed by atoms with Crippen LogP contribution in [0.2, 0.25) is 0 Å². The zero-order valence-electron chi connectivity index (χ0n) is 13.0. The van der Waals surface area contributed by atoms with Gasteiger partial charge in [0.2, 0.25) is 0 Å². The van der Waals surface area contributed by atoms with Crippen molar-refractivity contribution >= 4 is 8.80 Å². The van der Waals surface area contributed by atoms with Crippen molar-refractivity contribution < 1.29 is 23.1 Å². The minimum Gasteiger partial charge on any atom is -0.372 e. The summed E-state index contributed by atoms with van der Waals surface area (Å²) in [5, 5.41) is 9.76. The molecule has 0 aliphatic rings. The Morgan fingerprint density at radius 1 is 0.895 bits per heavy atom. The van der Waals surface area contributed by atoms with Crippen molar-refractivity contribution in [2.45, 2.75) is 65.9 Å². The fourth-order valence-corrected chi connectivity index (χ4v) is 4.86. The smallest absolute Gasteiger partial charge is 0.372 e. The van der Waals surface area contributed by atoms with Gasteiger partial charge >= 0.3 is 8.80 Å². The molecule has 0 aliphatic carbocycles. The zero-order valence-corrected chi connectivity index (χ0v) is 14.0. The molecule has 1 N–H and O–H groups in total. The molecule has 2 atom stereocenters. The van der Waals surface area contributed by atoms with Crippen molar-refractivity contribution in [3.8, 4) is 0 Å². The Bertz CT molecular complexity index is 198. The molecule has 0 rings (SSSR count). The van der Waals surface area contributed by atoms with Crippen molar-refractivity contribution in [3.63, 3.8) is 0 Å². The van der Waals surface area contributed by atoms with Gasteiger partial charge in [0.05, 0.1) is 0 Å². The maximum absolute atomic E-state index is 9.76. The van der Waals surface area contributed by atoms with Crippen LogP contribution < -0.4 is 0 Å². The quantitative estimate of drug-likeness (QED) is 0.443. The highest BCUT2D eigenvalue weighted by molar-refractivity contribution is 6.62. The molecule has 0 saturated heterocycles. The Morgan fingerprint density at radius 2 is 1.37 bits per heavy atom. The van der Waals surface area contributed by atoms with Gasteiger partial charge in [-0.2, -0.15) is 0 Å². The van der Waals surface area contributed by atoms with Crippen molar-refractivity contribution in [2.24, 2.45) is 0 Å². The van der Waals surface area contributed by atoms with Crippen LogP contribution in [-0.4, -0.2) is 45.7 Å². The second-order valence-electron chi connectivity index (χ2n) is 4.18. The van der Waals surface area contributed by atoms with E-state index in [0.29, 0.717) is 26.2 Å². The molecule has 0 heterocycles. The first-order valence-corrected chi connectivity index (χ1v) is 9.15. The Balaban J connectivity index is 5.05. The van der Waals surface area contributed by atoms with Crippen molar-refractivity contribution in [1.82, 2.24) is 0 Å². The average Bonchev–Trinajstić information content (AvgIpc) is 2.38. The van der Waals surface area contributed by atoms with Crippen LogP contribution in [0.5, 0.6) is 0 Å². The molecule has 19 heavy (non-hydrogen) atoms. The third-order valence-electron chi connectivity index (χ3n) is 2.65. The topological polar surface area (TPSA) is 57.2 Å². The van der Waals surface area contributed by atoms with Gasteiger partial charge in [-0.25, -0.2) is 0 Å². The summed E-state index contributed by atoms with van der Waals surface area (Å²) >= 11 is 0. The standard InChI is InChI=1S/C13H30O5Si/c1-6-11-13(18-12(14)7-2)19(15-8-3,16-9-4)17-10-5/h12-14H,6-11H2,1-5H3. The van der Waals surface area contributed by atoms with Gasteiger partial charge in [0.1, 0.15) is 5.73 Å². The van der Waals surface area contributed by atoms with E-state index in [4.69, 9.17) is 18.0 Å². The molecular formula is C13H30O5Si. The number of aliphatic hydroxyl groups is 1. The summed E-state index contributed by atoms with van der Waals surface area (Å²) in [4.78, 5) is 0. The number of hydrogen-bond donors (Lipinski definition) is 1. The predicted octanol–water partition coefficient (Wildman–Crippen LogP) is 2.49. The molecule has 0 bridgehead atoms. The molecule has 0 radical (unpaired) electrons. The highest BCUT2D eigenvalue weighted by Crippen LogP contribution is 2.23. The molecule has 0 amide bonds. The normalized spacial score (nSPS) is 15.5. The first kappa shape index (κ1) is 19.0. The molecule has 5 nitrogen and oxygen atoms in total. The first-order chi connectivity index (χ1) is 9.10. The molecule has 0 aromatic carbocycles. The van der Waals surface area contributed by atoms with Gasteiger partial charge in [0.15, 0.2) is 6.29 Å². The fraction of sp³-hybridized carbons (Fsp3) is 1.00. The summed E-state index contributed by atoms with van der Waals surface area (Å²) in [6, 6.07) is 0. The van der Waals surface area contributed by atoms with Crippen molar-refractivity contribution in [3.05, 3.63) is 0 Å². The molecule has 0 fully saturated rings. The van der Waals surface area contributed by atoms with Crippen molar-refractivity contribution in [1.29, 1.82) is 0 Å². The molecule has 0 saturated carbocycles. The first-order valence-electron chi connectivity index (χ1n) is 7.35. The lowest BCUT2D eigenvalue weighted by Crippen LogP contribution is -2.58. The van der Waals surface area contributed by atoms with E-state index in [-0.39, 0.29) is 5.73 Å². The van der Waals surface area contributed by atoms with E-state index in [2.05, 4.69) is 6.92 Å². The highest BCUT2D eigenvalue weighted by Gasteiger charge is 2.50. The van der Waals surface area contributed by atoms with Gasteiger partial charge < -0.3 is 23.1 Å². The van der Waals surface area contributed by atoms with Crippen LogP contribution in [-0.2, 0) is 18.0 Å². The molecular weight excluding hydrogens is 264 g/mol. The maximum Gasteiger partial charge on any atom is 0.531 e. The number of hydrogen-bond acceptors (Lipinski definition) is 5. The fourth-order valence-electron chi connectivity index (χ4n) is 1.88. The zero-order chi connectivity index (χ0) is 14.7. The van der Waals surface area contributed by atoms with Gasteiger partial charge in [-0.1, -0.05) is 20.3 Å². The lowest BCUT2D eigenvalue weighted by atomic mass is 10.3. The molecule has 0 aliphatic heterocycles. The van der Waals surface area contributed by atoms with Gasteiger partial charge in [-0.3, -0.25) is 0 Å². The number of ether oxygens (including phenoxy) is 1. The van der Waals surface area contributed by atoms with E-state index < -0.39 is 15.1 Å². The van der Waals surface area contributed by atoms with Crippen molar-refractivity contribution in [2.75, 3.05) is 19.8 Å². The van der Waals surface area contributed by atoms with E-state index in [9.17, 15) is 5.11 Å². The lowest BCUT2D eigenvalue weighted by Gasteiger charge is -2.35. The third-order valence-corrected chi connectivity index (χ3v) is 5.94. The SMILES string of the molecule is CCCC(OC(O)CC)[Si](OCC)(OCC)OCC. The highest BCUT2D eigenvalue weighted by atomic mass is 28.4. The summed E-state index contributed by atoms with van der Waals surface area (Å²) in [7, 11) is -2.91. The molecule has 0 aromatic rings. The average molecular weight is 294 g/mol. The van der Waals surface area contributed by atoms with Gasteiger partial charge in [0.25, 0.3) is 0 Å². The second kappa shape index (κ2) is 10.8. The third kappa shape index (κ3) is 6.33. The largest absolute Gasteiger partial charge is 0.531 e. The molecule has 2 unspecified atom stereocenters. The summed E-state index contributed by atoms with van der Waals surface area (Å²) in [6.07, 6.45) is 1.41.